The van der Waals surface area contributed by atoms with Crippen molar-refractivity contribution in [3.8, 4) is 5.69 Å². The van der Waals surface area contributed by atoms with E-state index in [4.69, 9.17) is 14.9 Å². The van der Waals surface area contributed by atoms with Gasteiger partial charge < -0.3 is 19.5 Å². The quantitative estimate of drug-likeness (QED) is 0.348. The second-order valence-electron chi connectivity index (χ2n) is 7.40. The van der Waals surface area contributed by atoms with Gasteiger partial charge in [0.25, 0.3) is 5.56 Å². The van der Waals surface area contributed by atoms with Crippen molar-refractivity contribution in [3.05, 3.63) is 82.3 Å². The SMILES string of the molecule is O=C(Nc1ccc(C(=O)O)cc1)OCc1cn(-c2ccc3c(c2)nc(C(=O)O)c(=O)n3C(F)(F)F)cn1. The summed E-state index contributed by atoms with van der Waals surface area (Å²) in [5, 5.41) is 20.4. The summed E-state index contributed by atoms with van der Waals surface area (Å²) in [6.07, 6.45) is -3.34. The van der Waals surface area contributed by atoms with Crippen LogP contribution < -0.4 is 10.9 Å². The van der Waals surface area contributed by atoms with Crippen LogP contribution in [0.3, 0.4) is 0 Å². The summed E-state index contributed by atoms with van der Waals surface area (Å²) in [4.78, 5) is 53.8. The number of amides is 1. The Morgan fingerprint density at radius 1 is 1.03 bits per heavy atom. The standard InChI is InChI=1S/C22H14F3N5O7/c23-22(24,25)30-16-6-5-14(7-15(16)28-17(18(30)31)20(34)35)29-8-13(26-10-29)9-37-21(36)27-12-3-1-11(2-4-12)19(32)33/h1-8,10H,9H2,(H,27,36)(H,32,33)(H,34,35). The van der Waals surface area contributed by atoms with Crippen molar-refractivity contribution in [3.63, 3.8) is 0 Å². The third-order valence-corrected chi connectivity index (χ3v) is 4.96. The summed E-state index contributed by atoms with van der Waals surface area (Å²) in [7, 11) is 0. The van der Waals surface area contributed by atoms with E-state index in [2.05, 4.69) is 15.3 Å². The van der Waals surface area contributed by atoms with Crippen LogP contribution in [0.4, 0.5) is 23.7 Å². The predicted octanol–water partition coefficient (Wildman–Crippen LogP) is 3.20. The summed E-state index contributed by atoms with van der Waals surface area (Å²) in [6.45, 7) is -0.283. The molecule has 2 aromatic heterocycles. The van der Waals surface area contributed by atoms with Crippen molar-refractivity contribution in [2.24, 2.45) is 0 Å². The number of halogens is 3. The number of aromatic carboxylic acids is 2. The molecule has 0 fully saturated rings. The summed E-state index contributed by atoms with van der Waals surface area (Å²) in [6, 6.07) is 8.70. The molecule has 190 valence electrons. The molecule has 2 heterocycles. The van der Waals surface area contributed by atoms with Crippen LogP contribution in [-0.4, -0.2) is 47.3 Å². The number of alkyl halides is 3. The zero-order valence-electron chi connectivity index (χ0n) is 18.3. The molecule has 0 aliphatic carbocycles. The van der Waals surface area contributed by atoms with Crippen molar-refractivity contribution in [1.29, 1.82) is 0 Å². The lowest BCUT2D eigenvalue weighted by Gasteiger charge is -2.14. The molecule has 0 saturated heterocycles. The van der Waals surface area contributed by atoms with Gasteiger partial charge in [0.15, 0.2) is 0 Å². The van der Waals surface area contributed by atoms with E-state index in [1.165, 1.54) is 47.4 Å². The second-order valence-corrected chi connectivity index (χ2v) is 7.40. The first kappa shape index (κ1) is 24.9. The van der Waals surface area contributed by atoms with Crippen LogP contribution in [0.5, 0.6) is 0 Å². The molecule has 15 heteroatoms. The molecule has 0 bridgehead atoms. The number of hydrogen-bond acceptors (Lipinski definition) is 7. The van der Waals surface area contributed by atoms with E-state index in [9.17, 15) is 32.3 Å². The Morgan fingerprint density at radius 3 is 2.35 bits per heavy atom. The average molecular weight is 517 g/mol. The van der Waals surface area contributed by atoms with E-state index in [1.807, 2.05) is 0 Å². The highest BCUT2D eigenvalue weighted by atomic mass is 19.4. The van der Waals surface area contributed by atoms with Crippen LogP contribution in [0.1, 0.15) is 26.5 Å². The topological polar surface area (TPSA) is 166 Å². The predicted molar refractivity (Wildman–Crippen MR) is 119 cm³/mol. The van der Waals surface area contributed by atoms with Crippen LogP contribution in [0.2, 0.25) is 0 Å². The Morgan fingerprint density at radius 2 is 1.73 bits per heavy atom. The van der Waals surface area contributed by atoms with E-state index in [-0.39, 0.29) is 23.6 Å². The van der Waals surface area contributed by atoms with Crippen LogP contribution >= 0.6 is 0 Å². The van der Waals surface area contributed by atoms with Crippen molar-refractivity contribution in [2.75, 3.05) is 5.32 Å². The number of rotatable bonds is 6. The van der Waals surface area contributed by atoms with Gasteiger partial charge >= 0.3 is 24.3 Å². The summed E-state index contributed by atoms with van der Waals surface area (Å²) in [5.41, 5.74) is -3.30. The third kappa shape index (κ3) is 5.24. The van der Waals surface area contributed by atoms with E-state index < -0.39 is 51.2 Å². The van der Waals surface area contributed by atoms with Gasteiger partial charge in [0.05, 0.1) is 28.6 Å². The number of carboxylic acid groups (broad SMARTS) is 2. The minimum absolute atomic E-state index is 0.0363. The molecule has 0 saturated carbocycles. The summed E-state index contributed by atoms with van der Waals surface area (Å²) < 4.78 is 46.2. The number of carbonyl (C=O) groups is 3. The van der Waals surface area contributed by atoms with Gasteiger partial charge in [-0.1, -0.05) is 0 Å². The number of ether oxygens (including phenoxy) is 1. The van der Waals surface area contributed by atoms with E-state index in [0.717, 1.165) is 12.1 Å². The monoisotopic (exact) mass is 517 g/mol. The zero-order chi connectivity index (χ0) is 26.9. The number of anilines is 1. The molecule has 4 rings (SSSR count). The number of carboxylic acids is 2. The molecule has 0 unspecified atom stereocenters. The van der Waals surface area contributed by atoms with Gasteiger partial charge in [-0.2, -0.15) is 0 Å². The van der Waals surface area contributed by atoms with Gasteiger partial charge in [-0.15, -0.1) is 13.2 Å². The molecule has 0 radical (unpaired) electrons. The van der Waals surface area contributed by atoms with Crippen LogP contribution in [-0.2, 0) is 17.6 Å². The van der Waals surface area contributed by atoms with Gasteiger partial charge in [-0.3, -0.25) is 10.1 Å². The number of carbonyl (C=O) groups excluding carboxylic acids is 1. The second kappa shape index (κ2) is 9.44. The van der Waals surface area contributed by atoms with E-state index >= 15 is 0 Å². The van der Waals surface area contributed by atoms with Crippen molar-refractivity contribution in [1.82, 2.24) is 19.1 Å². The number of nitrogens with one attached hydrogen (secondary N) is 1. The Balaban J connectivity index is 1.52. The molecule has 4 aromatic rings. The Labute approximate surface area is 203 Å². The van der Waals surface area contributed by atoms with Crippen LogP contribution in [0.25, 0.3) is 16.7 Å². The average Bonchev–Trinajstić information content (AvgIpc) is 3.30. The maximum atomic E-state index is 13.4. The van der Waals surface area contributed by atoms with Crippen molar-refractivity contribution in [2.45, 2.75) is 12.9 Å². The lowest BCUT2D eigenvalue weighted by Crippen LogP contribution is -2.35. The molecule has 0 aliphatic heterocycles. The molecule has 37 heavy (non-hydrogen) atoms. The Hall–Kier alpha value is -5.21. The van der Waals surface area contributed by atoms with Gasteiger partial charge in [-0.25, -0.2) is 28.9 Å². The van der Waals surface area contributed by atoms with Crippen LogP contribution in [0, 0.1) is 0 Å². The van der Waals surface area contributed by atoms with E-state index in [0.29, 0.717) is 5.69 Å². The normalized spacial score (nSPS) is 11.3. The van der Waals surface area contributed by atoms with Gasteiger partial charge in [0.1, 0.15) is 6.61 Å². The third-order valence-electron chi connectivity index (χ3n) is 4.96. The number of fused-ring (bicyclic) bond motifs is 1. The molecular weight excluding hydrogens is 503 g/mol. The summed E-state index contributed by atoms with van der Waals surface area (Å²) in [5.74, 6) is -3.03. The first-order valence-electron chi connectivity index (χ1n) is 10.1. The maximum Gasteiger partial charge on any atom is 0.491 e. The minimum Gasteiger partial charge on any atom is -0.478 e. The number of aromatic nitrogens is 4. The molecular formula is C22H14F3N5O7. The fourth-order valence-electron chi connectivity index (χ4n) is 3.29. The lowest BCUT2D eigenvalue weighted by atomic mass is 10.2. The maximum absolute atomic E-state index is 13.4. The fraction of sp³-hybridized carbons (Fsp3) is 0.0909. The lowest BCUT2D eigenvalue weighted by molar-refractivity contribution is -0.203. The summed E-state index contributed by atoms with van der Waals surface area (Å²) >= 11 is 0. The largest absolute Gasteiger partial charge is 0.491 e. The minimum atomic E-state index is -5.18. The highest BCUT2D eigenvalue weighted by molar-refractivity contribution is 5.90. The molecule has 2 aromatic carbocycles. The van der Waals surface area contributed by atoms with Crippen LogP contribution in [0.15, 0.2) is 59.8 Å². The zero-order valence-corrected chi connectivity index (χ0v) is 18.3. The molecule has 0 atom stereocenters. The van der Waals surface area contributed by atoms with Gasteiger partial charge in [0.2, 0.25) is 5.69 Å². The fourth-order valence-corrected chi connectivity index (χ4v) is 3.29. The molecule has 3 N–H and O–H groups in total. The number of hydrogen-bond donors (Lipinski definition) is 3. The number of nitrogens with zero attached hydrogens (tertiary/aromatic N) is 4. The highest BCUT2D eigenvalue weighted by Gasteiger charge is 2.36. The Bertz CT molecular complexity index is 1590. The first-order chi connectivity index (χ1) is 17.4. The number of benzene rings is 2. The molecule has 0 spiro atoms. The van der Waals surface area contributed by atoms with Gasteiger partial charge in [-0.05, 0) is 42.5 Å². The van der Waals surface area contributed by atoms with Gasteiger partial charge in [0, 0.05) is 17.6 Å². The molecule has 12 nitrogen and oxygen atoms in total. The first-order valence-corrected chi connectivity index (χ1v) is 10.1. The molecule has 0 aliphatic rings. The molecule has 1 amide bonds. The number of imidazole rings is 1. The Kier molecular flexibility index (Phi) is 6.36. The smallest absolute Gasteiger partial charge is 0.478 e. The van der Waals surface area contributed by atoms with Crippen molar-refractivity contribution < 1.29 is 42.5 Å². The highest BCUT2D eigenvalue weighted by Crippen LogP contribution is 2.26. The van der Waals surface area contributed by atoms with Crippen molar-refractivity contribution >= 4 is 34.8 Å². The van der Waals surface area contributed by atoms with E-state index in [1.54, 1.807) is 0 Å².